The van der Waals surface area contributed by atoms with Crippen LogP contribution >= 0.6 is 0 Å². The lowest BCUT2D eigenvalue weighted by atomic mass is 10.1. The molecule has 1 atom stereocenters. The molecular formula is C10H22O2. The Morgan fingerprint density at radius 3 is 2.33 bits per heavy atom. The van der Waals surface area contributed by atoms with E-state index in [4.69, 9.17) is 9.84 Å². The van der Waals surface area contributed by atoms with Gasteiger partial charge in [0.1, 0.15) is 0 Å². The average molecular weight is 174 g/mol. The number of unbranched alkanes of at least 4 members (excludes halogenated alkanes) is 2. The second kappa shape index (κ2) is 7.56. The molecule has 0 aliphatic rings. The molecule has 1 unspecified atom stereocenters. The molecule has 0 spiro atoms. The van der Waals surface area contributed by atoms with Crippen molar-refractivity contribution < 1.29 is 9.84 Å². The first-order valence-corrected chi connectivity index (χ1v) is 4.97. The standard InChI is InChI=1S/C10H22O2/c1-4-5-6-7-10(8-11)12-9(2)3/h9-11H,4-8H2,1-3H3. The summed E-state index contributed by atoms with van der Waals surface area (Å²) >= 11 is 0. The van der Waals surface area contributed by atoms with Crippen molar-refractivity contribution >= 4 is 0 Å². The van der Waals surface area contributed by atoms with Crippen LogP contribution < -0.4 is 0 Å². The summed E-state index contributed by atoms with van der Waals surface area (Å²) in [6.45, 7) is 6.34. The molecule has 0 radical (unpaired) electrons. The molecule has 2 heteroatoms. The van der Waals surface area contributed by atoms with Gasteiger partial charge in [0, 0.05) is 0 Å². The third kappa shape index (κ3) is 6.62. The van der Waals surface area contributed by atoms with E-state index < -0.39 is 0 Å². The van der Waals surface area contributed by atoms with Crippen LogP contribution in [0.15, 0.2) is 0 Å². The first-order chi connectivity index (χ1) is 5.70. The van der Waals surface area contributed by atoms with Gasteiger partial charge in [0.05, 0.1) is 18.8 Å². The first kappa shape index (κ1) is 11.9. The van der Waals surface area contributed by atoms with Gasteiger partial charge in [0.25, 0.3) is 0 Å². The van der Waals surface area contributed by atoms with E-state index in [0.717, 1.165) is 12.8 Å². The van der Waals surface area contributed by atoms with Gasteiger partial charge in [0.2, 0.25) is 0 Å². The Morgan fingerprint density at radius 1 is 1.25 bits per heavy atom. The summed E-state index contributed by atoms with van der Waals surface area (Å²) in [4.78, 5) is 0. The second-order valence-corrected chi connectivity index (χ2v) is 3.49. The Morgan fingerprint density at radius 2 is 1.92 bits per heavy atom. The summed E-state index contributed by atoms with van der Waals surface area (Å²) in [6, 6.07) is 0. The van der Waals surface area contributed by atoms with Crippen LogP contribution in [0, 0.1) is 0 Å². The van der Waals surface area contributed by atoms with Crippen molar-refractivity contribution in [3.05, 3.63) is 0 Å². The highest BCUT2D eigenvalue weighted by molar-refractivity contribution is 4.57. The Kier molecular flexibility index (Phi) is 7.51. The Bertz CT molecular complexity index is 91.8. The highest BCUT2D eigenvalue weighted by Crippen LogP contribution is 2.08. The SMILES string of the molecule is CCCCCC(CO)OC(C)C. The molecule has 0 fully saturated rings. The molecule has 0 rings (SSSR count). The van der Waals surface area contributed by atoms with Crippen LogP contribution in [0.1, 0.15) is 46.5 Å². The predicted octanol–water partition coefficient (Wildman–Crippen LogP) is 2.35. The number of ether oxygens (including phenoxy) is 1. The first-order valence-electron chi connectivity index (χ1n) is 4.97. The summed E-state index contributed by atoms with van der Waals surface area (Å²) in [5, 5.41) is 8.95. The fourth-order valence-electron chi connectivity index (χ4n) is 1.21. The minimum atomic E-state index is 0.0524. The third-order valence-electron chi connectivity index (χ3n) is 1.80. The molecule has 12 heavy (non-hydrogen) atoms. The molecule has 0 aromatic carbocycles. The Balaban J connectivity index is 3.39. The minimum Gasteiger partial charge on any atom is -0.394 e. The summed E-state index contributed by atoms with van der Waals surface area (Å²) in [7, 11) is 0. The average Bonchev–Trinajstić information content (AvgIpc) is 2.02. The van der Waals surface area contributed by atoms with Crippen molar-refractivity contribution in [2.24, 2.45) is 0 Å². The second-order valence-electron chi connectivity index (χ2n) is 3.49. The van der Waals surface area contributed by atoms with Gasteiger partial charge in [-0.2, -0.15) is 0 Å². The lowest BCUT2D eigenvalue weighted by Crippen LogP contribution is -2.21. The lowest BCUT2D eigenvalue weighted by Gasteiger charge is -2.17. The topological polar surface area (TPSA) is 29.5 Å². The van der Waals surface area contributed by atoms with Gasteiger partial charge in [-0.15, -0.1) is 0 Å². The molecule has 0 saturated carbocycles. The smallest absolute Gasteiger partial charge is 0.0809 e. The minimum absolute atomic E-state index is 0.0524. The van der Waals surface area contributed by atoms with Crippen LogP contribution in [0.2, 0.25) is 0 Å². The van der Waals surface area contributed by atoms with Crippen molar-refractivity contribution in [1.29, 1.82) is 0 Å². The van der Waals surface area contributed by atoms with Gasteiger partial charge < -0.3 is 9.84 Å². The summed E-state index contributed by atoms with van der Waals surface area (Å²) in [5.74, 6) is 0. The molecule has 0 aliphatic heterocycles. The molecular weight excluding hydrogens is 152 g/mol. The van der Waals surface area contributed by atoms with E-state index >= 15 is 0 Å². The molecule has 0 aliphatic carbocycles. The zero-order valence-electron chi connectivity index (χ0n) is 8.55. The Hall–Kier alpha value is -0.0800. The van der Waals surface area contributed by atoms with E-state index in [1.54, 1.807) is 0 Å². The van der Waals surface area contributed by atoms with Crippen LogP contribution in [0.4, 0.5) is 0 Å². The maximum atomic E-state index is 8.95. The number of hydrogen-bond acceptors (Lipinski definition) is 2. The van der Waals surface area contributed by atoms with Gasteiger partial charge in [0.15, 0.2) is 0 Å². The van der Waals surface area contributed by atoms with Crippen LogP contribution in [0.3, 0.4) is 0 Å². The van der Waals surface area contributed by atoms with Crippen LogP contribution in [0.5, 0.6) is 0 Å². The Labute approximate surface area is 75.9 Å². The van der Waals surface area contributed by atoms with Crippen molar-refractivity contribution in [3.63, 3.8) is 0 Å². The summed E-state index contributed by atoms with van der Waals surface area (Å²) in [5.41, 5.74) is 0. The number of hydrogen-bond donors (Lipinski definition) is 1. The summed E-state index contributed by atoms with van der Waals surface area (Å²) in [6.07, 6.45) is 4.88. The quantitative estimate of drug-likeness (QED) is 0.600. The number of aliphatic hydroxyl groups is 1. The predicted molar refractivity (Wildman–Crippen MR) is 51.2 cm³/mol. The summed E-state index contributed by atoms with van der Waals surface area (Å²) < 4.78 is 5.50. The van der Waals surface area contributed by atoms with Crippen molar-refractivity contribution in [3.8, 4) is 0 Å². The fourth-order valence-corrected chi connectivity index (χ4v) is 1.21. The van der Waals surface area contributed by atoms with E-state index in [0.29, 0.717) is 0 Å². The largest absolute Gasteiger partial charge is 0.394 e. The van der Waals surface area contributed by atoms with Crippen LogP contribution in [0.25, 0.3) is 0 Å². The molecule has 0 saturated heterocycles. The number of rotatable bonds is 7. The highest BCUT2D eigenvalue weighted by Gasteiger charge is 2.08. The highest BCUT2D eigenvalue weighted by atomic mass is 16.5. The van der Waals surface area contributed by atoms with E-state index in [-0.39, 0.29) is 18.8 Å². The van der Waals surface area contributed by atoms with Gasteiger partial charge in [-0.3, -0.25) is 0 Å². The van der Waals surface area contributed by atoms with E-state index in [2.05, 4.69) is 6.92 Å². The monoisotopic (exact) mass is 174 g/mol. The van der Waals surface area contributed by atoms with Crippen LogP contribution in [-0.2, 0) is 4.74 Å². The van der Waals surface area contributed by atoms with E-state index in [1.807, 2.05) is 13.8 Å². The van der Waals surface area contributed by atoms with E-state index in [1.165, 1.54) is 12.8 Å². The van der Waals surface area contributed by atoms with Crippen molar-refractivity contribution in [2.45, 2.75) is 58.7 Å². The maximum absolute atomic E-state index is 8.95. The molecule has 0 bridgehead atoms. The van der Waals surface area contributed by atoms with Gasteiger partial charge in [-0.1, -0.05) is 26.2 Å². The molecule has 2 nitrogen and oxygen atoms in total. The molecule has 0 heterocycles. The maximum Gasteiger partial charge on any atom is 0.0809 e. The van der Waals surface area contributed by atoms with Crippen LogP contribution in [-0.4, -0.2) is 23.9 Å². The van der Waals surface area contributed by atoms with Gasteiger partial charge >= 0.3 is 0 Å². The third-order valence-corrected chi connectivity index (χ3v) is 1.80. The van der Waals surface area contributed by atoms with E-state index in [9.17, 15) is 0 Å². The molecule has 0 aromatic rings. The van der Waals surface area contributed by atoms with Crippen molar-refractivity contribution in [2.75, 3.05) is 6.61 Å². The molecule has 0 amide bonds. The van der Waals surface area contributed by atoms with Crippen molar-refractivity contribution in [1.82, 2.24) is 0 Å². The fraction of sp³-hybridized carbons (Fsp3) is 1.00. The normalized spacial score (nSPS) is 13.8. The molecule has 1 N–H and O–H groups in total. The zero-order valence-corrected chi connectivity index (χ0v) is 8.55. The van der Waals surface area contributed by atoms with Gasteiger partial charge in [-0.05, 0) is 20.3 Å². The molecule has 74 valence electrons. The lowest BCUT2D eigenvalue weighted by molar-refractivity contribution is -0.0281. The number of aliphatic hydroxyl groups excluding tert-OH is 1. The molecule has 0 aromatic heterocycles. The van der Waals surface area contributed by atoms with Gasteiger partial charge in [-0.25, -0.2) is 0 Å². The zero-order chi connectivity index (χ0) is 9.40.